The second kappa shape index (κ2) is 11.0. The molecule has 0 radical (unpaired) electrons. The number of hydrogen-bond acceptors (Lipinski definition) is 5. The van der Waals surface area contributed by atoms with Gasteiger partial charge in [0.25, 0.3) is 0 Å². The molecule has 0 bridgehead atoms. The largest absolute Gasteiger partial charge is 0.497 e. The van der Waals surface area contributed by atoms with Gasteiger partial charge in [0.1, 0.15) is 30.0 Å². The minimum absolute atomic E-state index is 0. The summed E-state index contributed by atoms with van der Waals surface area (Å²) < 4.78 is 13.3. The third-order valence-corrected chi connectivity index (χ3v) is 5.28. The first-order chi connectivity index (χ1) is 15.2. The number of imidazole rings is 1. The van der Waals surface area contributed by atoms with Crippen LogP contribution < -0.4 is 14.8 Å². The van der Waals surface area contributed by atoms with E-state index in [1.807, 2.05) is 84.5 Å². The summed E-state index contributed by atoms with van der Waals surface area (Å²) in [4.78, 5) is 4.50. The van der Waals surface area contributed by atoms with Gasteiger partial charge in [-0.1, -0.05) is 48.5 Å². The second-order valence-corrected chi connectivity index (χ2v) is 7.46. The topological polar surface area (TPSA) is 68.5 Å². The molecule has 7 heteroatoms. The molecule has 0 aliphatic heterocycles. The van der Waals surface area contributed by atoms with Crippen molar-refractivity contribution in [2.45, 2.75) is 12.1 Å². The van der Waals surface area contributed by atoms with Crippen molar-refractivity contribution in [1.82, 2.24) is 14.9 Å². The molecule has 168 valence electrons. The van der Waals surface area contributed by atoms with Gasteiger partial charge in [0.15, 0.2) is 0 Å². The first-order valence-electron chi connectivity index (χ1n) is 10.3. The Kier molecular flexibility index (Phi) is 8.11. The van der Waals surface area contributed by atoms with E-state index in [1.165, 1.54) is 0 Å². The van der Waals surface area contributed by atoms with Crippen LogP contribution in [-0.4, -0.2) is 41.0 Å². The molecule has 6 nitrogen and oxygen atoms in total. The van der Waals surface area contributed by atoms with E-state index in [1.54, 1.807) is 13.3 Å². The fourth-order valence-corrected chi connectivity index (χ4v) is 3.65. The molecule has 0 aliphatic carbocycles. The summed E-state index contributed by atoms with van der Waals surface area (Å²) >= 11 is 0. The van der Waals surface area contributed by atoms with Crippen LogP contribution in [0.25, 0.3) is 10.8 Å². The Morgan fingerprint density at radius 2 is 1.84 bits per heavy atom. The van der Waals surface area contributed by atoms with Crippen LogP contribution in [0.5, 0.6) is 11.5 Å². The van der Waals surface area contributed by atoms with Crippen LogP contribution in [0.2, 0.25) is 0 Å². The Balaban J connectivity index is 0.00000289. The first-order valence-corrected chi connectivity index (χ1v) is 10.3. The zero-order valence-corrected chi connectivity index (χ0v) is 19.0. The summed E-state index contributed by atoms with van der Waals surface area (Å²) in [5, 5.41) is 16.2. The maximum absolute atomic E-state index is 10.6. The van der Waals surface area contributed by atoms with Gasteiger partial charge in [0, 0.05) is 31.4 Å². The minimum Gasteiger partial charge on any atom is -0.497 e. The van der Waals surface area contributed by atoms with Crippen LogP contribution in [0.3, 0.4) is 0 Å². The third-order valence-electron chi connectivity index (χ3n) is 5.28. The first kappa shape index (κ1) is 23.6. The average Bonchev–Trinajstić information content (AvgIpc) is 3.23. The minimum atomic E-state index is -0.688. The van der Waals surface area contributed by atoms with E-state index in [-0.39, 0.29) is 25.1 Å². The van der Waals surface area contributed by atoms with Crippen molar-refractivity contribution in [2.24, 2.45) is 7.05 Å². The fourth-order valence-electron chi connectivity index (χ4n) is 3.65. The van der Waals surface area contributed by atoms with Crippen LogP contribution in [0, 0.1) is 0 Å². The molecular weight excluding hydrogens is 426 g/mol. The number of aliphatic hydroxyl groups is 1. The second-order valence-electron chi connectivity index (χ2n) is 7.46. The summed E-state index contributed by atoms with van der Waals surface area (Å²) in [7, 11) is 3.61. The van der Waals surface area contributed by atoms with Gasteiger partial charge in [-0.25, -0.2) is 4.98 Å². The van der Waals surface area contributed by atoms with Gasteiger partial charge in [0.05, 0.1) is 13.2 Å². The number of methoxy groups -OCH3 is 1. The number of benzene rings is 3. The van der Waals surface area contributed by atoms with Crippen LogP contribution in [-0.2, 0) is 7.05 Å². The molecule has 4 rings (SSSR count). The van der Waals surface area contributed by atoms with Crippen molar-refractivity contribution in [2.75, 3.05) is 20.3 Å². The normalized spacial score (nSPS) is 12.7. The summed E-state index contributed by atoms with van der Waals surface area (Å²) in [6, 6.07) is 21.7. The molecule has 0 saturated heterocycles. The predicted octanol–water partition coefficient (Wildman–Crippen LogP) is 4.12. The van der Waals surface area contributed by atoms with Gasteiger partial charge >= 0.3 is 0 Å². The van der Waals surface area contributed by atoms with Crippen LogP contribution in [0.4, 0.5) is 0 Å². The molecule has 2 atom stereocenters. The van der Waals surface area contributed by atoms with Crippen LogP contribution in [0.1, 0.15) is 17.4 Å². The van der Waals surface area contributed by atoms with E-state index in [0.29, 0.717) is 6.54 Å². The molecular formula is C25H28ClN3O3. The lowest BCUT2D eigenvalue weighted by atomic mass is 10.1. The van der Waals surface area contributed by atoms with E-state index < -0.39 is 6.10 Å². The smallest absolute Gasteiger partial charge is 0.130 e. The number of ether oxygens (including phenoxy) is 2. The van der Waals surface area contributed by atoms with Gasteiger partial charge in [0.2, 0.25) is 0 Å². The molecule has 4 aromatic rings. The van der Waals surface area contributed by atoms with E-state index in [9.17, 15) is 5.11 Å². The van der Waals surface area contributed by atoms with Gasteiger partial charge in [-0.2, -0.15) is 0 Å². The molecule has 0 saturated carbocycles. The Morgan fingerprint density at radius 1 is 1.06 bits per heavy atom. The number of nitrogens with one attached hydrogen (secondary N) is 1. The monoisotopic (exact) mass is 453 g/mol. The maximum Gasteiger partial charge on any atom is 0.130 e. The predicted molar refractivity (Wildman–Crippen MR) is 129 cm³/mol. The number of nitrogens with zero attached hydrogens (tertiary/aromatic N) is 2. The molecule has 0 amide bonds. The van der Waals surface area contributed by atoms with Crippen molar-refractivity contribution in [3.05, 3.63) is 90.5 Å². The number of aromatic nitrogens is 2. The van der Waals surface area contributed by atoms with Gasteiger partial charge in [-0.05, 0) is 29.1 Å². The number of aliphatic hydroxyl groups excluding tert-OH is 1. The molecule has 0 fully saturated rings. The lowest BCUT2D eigenvalue weighted by Crippen LogP contribution is -2.35. The number of aryl methyl sites for hydroxylation is 1. The van der Waals surface area contributed by atoms with Crippen LogP contribution >= 0.6 is 12.4 Å². The highest BCUT2D eigenvalue weighted by atomic mass is 35.5. The van der Waals surface area contributed by atoms with Gasteiger partial charge in [-0.3, -0.25) is 0 Å². The van der Waals surface area contributed by atoms with E-state index in [4.69, 9.17) is 9.47 Å². The van der Waals surface area contributed by atoms with Crippen molar-refractivity contribution >= 4 is 23.2 Å². The van der Waals surface area contributed by atoms with Crippen molar-refractivity contribution < 1.29 is 14.6 Å². The summed E-state index contributed by atoms with van der Waals surface area (Å²) in [6.07, 6.45) is 2.99. The van der Waals surface area contributed by atoms with Gasteiger partial charge < -0.3 is 24.5 Å². The molecule has 32 heavy (non-hydrogen) atoms. The third kappa shape index (κ3) is 5.40. The maximum atomic E-state index is 10.6. The molecule has 1 heterocycles. The average molecular weight is 454 g/mol. The zero-order valence-electron chi connectivity index (χ0n) is 18.1. The SMILES string of the molecule is COc1cccc(C(NCC(O)COc2cccc3ccccc23)c2nccn2C)c1.Cl. The standard InChI is InChI=1S/C25H27N3O3.ClH/c1-28-14-13-26-25(28)24(19-9-5-10-21(15-19)30-2)27-16-20(29)17-31-23-12-6-8-18-7-3-4-11-22(18)23;/h3-15,20,24,27,29H,16-17H2,1-2H3;1H. The number of fused-ring (bicyclic) bond motifs is 1. The van der Waals surface area contributed by atoms with Crippen molar-refractivity contribution in [3.8, 4) is 11.5 Å². The molecule has 3 aromatic carbocycles. The Labute approximate surface area is 194 Å². The lowest BCUT2D eigenvalue weighted by Gasteiger charge is -2.22. The fraction of sp³-hybridized carbons (Fsp3) is 0.240. The Bertz CT molecular complexity index is 1140. The number of halogens is 1. The molecule has 1 aromatic heterocycles. The highest BCUT2D eigenvalue weighted by Crippen LogP contribution is 2.26. The highest BCUT2D eigenvalue weighted by Gasteiger charge is 2.20. The summed E-state index contributed by atoms with van der Waals surface area (Å²) in [6.45, 7) is 0.534. The highest BCUT2D eigenvalue weighted by molar-refractivity contribution is 5.88. The van der Waals surface area contributed by atoms with Crippen molar-refractivity contribution in [1.29, 1.82) is 0 Å². The number of hydrogen-bond donors (Lipinski definition) is 2. The number of rotatable bonds is 9. The lowest BCUT2D eigenvalue weighted by molar-refractivity contribution is 0.105. The summed E-state index contributed by atoms with van der Waals surface area (Å²) in [5.74, 6) is 2.40. The Hall–Kier alpha value is -3.06. The van der Waals surface area contributed by atoms with Crippen molar-refractivity contribution in [3.63, 3.8) is 0 Å². The van der Waals surface area contributed by atoms with Crippen LogP contribution in [0.15, 0.2) is 79.1 Å². The Morgan fingerprint density at radius 3 is 2.62 bits per heavy atom. The van der Waals surface area contributed by atoms with E-state index in [2.05, 4.69) is 10.3 Å². The quantitative estimate of drug-likeness (QED) is 0.399. The summed E-state index contributed by atoms with van der Waals surface area (Å²) in [5.41, 5.74) is 1.01. The molecule has 0 aliphatic rings. The van der Waals surface area contributed by atoms with E-state index >= 15 is 0 Å². The molecule has 0 spiro atoms. The molecule has 2 unspecified atom stereocenters. The van der Waals surface area contributed by atoms with E-state index in [0.717, 1.165) is 33.7 Å². The molecule has 2 N–H and O–H groups in total. The van der Waals surface area contributed by atoms with Gasteiger partial charge in [-0.15, -0.1) is 12.4 Å². The zero-order chi connectivity index (χ0) is 21.6.